The number of benzene rings is 1. The van der Waals surface area contributed by atoms with Crippen LogP contribution in [-0.2, 0) is 6.98 Å². The molecule has 0 amide bonds. The van der Waals surface area contributed by atoms with Gasteiger partial charge in [0, 0.05) is 22.8 Å². The van der Waals surface area contributed by atoms with E-state index in [-0.39, 0.29) is 5.56 Å². The van der Waals surface area contributed by atoms with Crippen LogP contribution < -0.4 is 5.56 Å². The number of rotatable bonds is 1. The monoisotopic (exact) mass is 205 g/mol. The summed E-state index contributed by atoms with van der Waals surface area (Å²) in [6.07, 6.45) is 0. The fourth-order valence-corrected chi connectivity index (χ4v) is 1.49. The summed E-state index contributed by atoms with van der Waals surface area (Å²) < 4.78 is 24.7. The Balaban J connectivity index is 2.71. The Hall–Kier alpha value is -1.77. The van der Waals surface area contributed by atoms with Gasteiger partial charge in [-0.3, -0.25) is 9.48 Å². The van der Waals surface area contributed by atoms with Gasteiger partial charge in [0.05, 0.1) is 5.69 Å². The molecule has 2 aromatic rings. The molecule has 0 aliphatic heterocycles. The highest BCUT2D eigenvalue weighted by atomic mass is 16.1. The summed E-state index contributed by atoms with van der Waals surface area (Å²) in [6.45, 7) is 1.16. The van der Waals surface area contributed by atoms with E-state index in [1.807, 2.05) is 19.1 Å². The van der Waals surface area contributed by atoms with Crippen LogP contribution in [0.4, 0.5) is 0 Å². The molecule has 0 N–H and O–H groups in total. The quantitative estimate of drug-likeness (QED) is 0.697. The summed E-state index contributed by atoms with van der Waals surface area (Å²) in [5.41, 5.74) is 1.68. The van der Waals surface area contributed by atoms with Crippen molar-refractivity contribution < 1.29 is 4.11 Å². The molecule has 1 aromatic carbocycles. The van der Waals surface area contributed by atoms with Crippen molar-refractivity contribution in [1.82, 2.24) is 9.36 Å². The van der Waals surface area contributed by atoms with Crippen molar-refractivity contribution in [2.75, 3.05) is 0 Å². The van der Waals surface area contributed by atoms with E-state index in [0.29, 0.717) is 11.4 Å². The standard InChI is InChI=1S/C12H14N2O/c1-9-4-6-11(7-5-9)14-12(15)8-10(2)13(14)3/h4-8H,1-3H3/i3D3. The van der Waals surface area contributed by atoms with Crippen LogP contribution >= 0.6 is 0 Å². The van der Waals surface area contributed by atoms with E-state index < -0.39 is 6.98 Å². The third-order valence-corrected chi connectivity index (χ3v) is 2.35. The molecule has 0 saturated heterocycles. The Morgan fingerprint density at radius 3 is 2.47 bits per heavy atom. The Labute approximate surface area is 92.8 Å². The fourth-order valence-electron chi connectivity index (χ4n) is 1.49. The van der Waals surface area contributed by atoms with Gasteiger partial charge in [0.25, 0.3) is 5.56 Å². The molecule has 2 rings (SSSR count). The van der Waals surface area contributed by atoms with E-state index in [1.54, 1.807) is 19.1 Å². The summed E-state index contributed by atoms with van der Waals surface area (Å²) in [4.78, 5) is 11.9. The molecule has 1 aromatic heterocycles. The van der Waals surface area contributed by atoms with Crippen LogP contribution in [0.2, 0.25) is 0 Å². The van der Waals surface area contributed by atoms with Crippen LogP contribution in [-0.4, -0.2) is 9.36 Å². The number of hydrogen-bond donors (Lipinski definition) is 0. The molecule has 1 heterocycles. The predicted molar refractivity (Wildman–Crippen MR) is 60.5 cm³/mol. The van der Waals surface area contributed by atoms with Crippen molar-refractivity contribution in [3.8, 4) is 5.69 Å². The number of hydrogen-bond acceptors (Lipinski definition) is 1. The van der Waals surface area contributed by atoms with E-state index in [2.05, 4.69) is 0 Å². The Morgan fingerprint density at radius 1 is 1.20 bits per heavy atom. The van der Waals surface area contributed by atoms with Crippen LogP contribution in [0, 0.1) is 13.8 Å². The molecule has 0 spiro atoms. The minimum absolute atomic E-state index is 0.340. The summed E-state index contributed by atoms with van der Waals surface area (Å²) >= 11 is 0. The first kappa shape index (κ1) is 6.67. The lowest BCUT2D eigenvalue weighted by molar-refractivity contribution is 0.630. The minimum atomic E-state index is -2.38. The highest BCUT2D eigenvalue weighted by Crippen LogP contribution is 2.07. The molecule has 0 atom stereocenters. The van der Waals surface area contributed by atoms with Crippen LogP contribution in [0.3, 0.4) is 0 Å². The van der Waals surface area contributed by atoms with Gasteiger partial charge < -0.3 is 0 Å². The molecule has 0 aliphatic rings. The third-order valence-electron chi connectivity index (χ3n) is 2.35. The van der Waals surface area contributed by atoms with Crippen molar-refractivity contribution in [2.24, 2.45) is 6.98 Å². The SMILES string of the molecule is [2H]C([2H])([2H])n1c(C)cc(=O)n1-c1ccc(C)cc1. The van der Waals surface area contributed by atoms with E-state index >= 15 is 0 Å². The lowest BCUT2D eigenvalue weighted by Crippen LogP contribution is -2.19. The first-order chi connectivity index (χ1) is 8.30. The van der Waals surface area contributed by atoms with Gasteiger partial charge in [0.15, 0.2) is 0 Å². The smallest absolute Gasteiger partial charge is 0.271 e. The Kier molecular flexibility index (Phi) is 1.52. The maximum Gasteiger partial charge on any atom is 0.271 e. The molecule has 0 unspecified atom stereocenters. The fraction of sp³-hybridized carbons (Fsp3) is 0.250. The van der Waals surface area contributed by atoms with Crippen molar-refractivity contribution in [2.45, 2.75) is 13.8 Å². The predicted octanol–water partition coefficient (Wildman–Crippen LogP) is 1.79. The van der Waals surface area contributed by atoms with Crippen molar-refractivity contribution in [1.29, 1.82) is 0 Å². The molecule has 0 fully saturated rings. The molecule has 0 saturated carbocycles. The summed E-state index contributed by atoms with van der Waals surface area (Å²) in [6, 6.07) is 8.48. The number of aryl methyl sites for hydroxylation is 2. The second-order valence-electron chi connectivity index (χ2n) is 3.58. The molecule has 0 radical (unpaired) electrons. The molecular formula is C12H14N2O. The Morgan fingerprint density at radius 2 is 1.87 bits per heavy atom. The van der Waals surface area contributed by atoms with Crippen molar-refractivity contribution >= 4 is 0 Å². The zero-order valence-corrected chi connectivity index (χ0v) is 8.69. The van der Waals surface area contributed by atoms with E-state index in [1.165, 1.54) is 10.7 Å². The Bertz CT molecular complexity index is 620. The van der Waals surface area contributed by atoms with Gasteiger partial charge in [-0.2, -0.15) is 0 Å². The highest BCUT2D eigenvalue weighted by Gasteiger charge is 2.05. The molecule has 3 nitrogen and oxygen atoms in total. The van der Waals surface area contributed by atoms with Gasteiger partial charge in [-0.05, 0) is 26.0 Å². The first-order valence-electron chi connectivity index (χ1n) is 6.20. The summed E-state index contributed by atoms with van der Waals surface area (Å²) in [5.74, 6) is 0. The molecule has 78 valence electrons. The van der Waals surface area contributed by atoms with Crippen LogP contribution in [0.15, 0.2) is 35.1 Å². The van der Waals surface area contributed by atoms with Crippen molar-refractivity contribution in [3.63, 3.8) is 0 Å². The van der Waals surface area contributed by atoms with Gasteiger partial charge in [0.2, 0.25) is 0 Å². The zero-order chi connectivity index (χ0) is 13.5. The summed E-state index contributed by atoms with van der Waals surface area (Å²) in [7, 11) is 0. The van der Waals surface area contributed by atoms with Crippen LogP contribution in [0.5, 0.6) is 0 Å². The average molecular weight is 205 g/mol. The molecule has 0 aliphatic carbocycles. The summed E-state index contributed by atoms with van der Waals surface area (Å²) in [5, 5.41) is 0. The molecular weight excluding hydrogens is 188 g/mol. The van der Waals surface area contributed by atoms with Gasteiger partial charge in [-0.15, -0.1) is 0 Å². The number of nitrogens with zero attached hydrogens (tertiary/aromatic N) is 2. The zero-order valence-electron chi connectivity index (χ0n) is 11.7. The lowest BCUT2D eigenvalue weighted by Gasteiger charge is -2.08. The van der Waals surface area contributed by atoms with E-state index in [4.69, 9.17) is 4.11 Å². The second-order valence-corrected chi connectivity index (χ2v) is 3.58. The van der Waals surface area contributed by atoms with Gasteiger partial charge >= 0.3 is 0 Å². The van der Waals surface area contributed by atoms with Gasteiger partial charge in [-0.25, -0.2) is 4.68 Å². The molecule has 0 bridgehead atoms. The minimum Gasteiger partial charge on any atom is -0.285 e. The van der Waals surface area contributed by atoms with Crippen molar-refractivity contribution in [3.05, 3.63) is 51.9 Å². The maximum absolute atomic E-state index is 11.9. The largest absolute Gasteiger partial charge is 0.285 e. The van der Waals surface area contributed by atoms with Gasteiger partial charge in [0.1, 0.15) is 0 Å². The van der Waals surface area contributed by atoms with E-state index in [9.17, 15) is 4.79 Å². The maximum atomic E-state index is 11.9. The lowest BCUT2D eigenvalue weighted by atomic mass is 10.2. The topological polar surface area (TPSA) is 26.9 Å². The normalized spacial score (nSPS) is 14.4. The average Bonchev–Trinajstić information content (AvgIpc) is 2.54. The second kappa shape index (κ2) is 3.42. The molecule has 3 heteroatoms. The molecule has 15 heavy (non-hydrogen) atoms. The third kappa shape index (κ3) is 1.61. The first-order valence-corrected chi connectivity index (χ1v) is 4.70. The van der Waals surface area contributed by atoms with Gasteiger partial charge in [-0.1, -0.05) is 17.7 Å². The van der Waals surface area contributed by atoms with Crippen LogP contribution in [0.1, 0.15) is 15.4 Å². The number of aromatic nitrogens is 2. The highest BCUT2D eigenvalue weighted by molar-refractivity contribution is 5.33. The van der Waals surface area contributed by atoms with Crippen LogP contribution in [0.25, 0.3) is 5.69 Å². The van der Waals surface area contributed by atoms with E-state index in [0.717, 1.165) is 10.2 Å².